The molecule has 0 fully saturated rings. The van der Waals surface area contributed by atoms with Gasteiger partial charge < -0.3 is 5.32 Å². The maximum atomic E-state index is 12.9. The third kappa shape index (κ3) is 3.16. The highest BCUT2D eigenvalue weighted by atomic mass is 19.4. The van der Waals surface area contributed by atoms with Crippen LogP contribution in [0.5, 0.6) is 0 Å². The van der Waals surface area contributed by atoms with Crippen molar-refractivity contribution in [2.75, 3.05) is 6.54 Å². The number of nitrogens with zero attached hydrogens (tertiary/aromatic N) is 3. The molecule has 0 saturated heterocycles. The summed E-state index contributed by atoms with van der Waals surface area (Å²) >= 11 is 0. The molecule has 0 atom stereocenters. The van der Waals surface area contributed by atoms with Gasteiger partial charge in [0.25, 0.3) is 0 Å². The molecular formula is C13H15F3N4. The van der Waals surface area contributed by atoms with Crippen LogP contribution in [0.25, 0.3) is 5.69 Å². The van der Waals surface area contributed by atoms with Gasteiger partial charge in [-0.2, -0.15) is 13.2 Å². The first-order chi connectivity index (χ1) is 9.41. The third-order valence-corrected chi connectivity index (χ3v) is 2.89. The van der Waals surface area contributed by atoms with Gasteiger partial charge in [0.15, 0.2) is 0 Å². The average molecular weight is 284 g/mol. The summed E-state index contributed by atoms with van der Waals surface area (Å²) in [6.45, 7) is 4.72. The first-order valence-corrected chi connectivity index (χ1v) is 6.22. The Labute approximate surface area is 114 Å². The highest BCUT2D eigenvalue weighted by Crippen LogP contribution is 2.32. The van der Waals surface area contributed by atoms with Gasteiger partial charge in [-0.15, -0.1) is 5.10 Å². The Morgan fingerprint density at radius 3 is 2.70 bits per heavy atom. The normalized spacial score (nSPS) is 11.8. The van der Waals surface area contributed by atoms with E-state index in [0.717, 1.165) is 12.6 Å². The summed E-state index contributed by atoms with van der Waals surface area (Å²) in [7, 11) is 0. The zero-order valence-electron chi connectivity index (χ0n) is 11.2. The molecule has 20 heavy (non-hydrogen) atoms. The molecule has 0 bridgehead atoms. The molecule has 0 spiro atoms. The molecule has 0 radical (unpaired) electrons. The first kappa shape index (κ1) is 14.5. The monoisotopic (exact) mass is 284 g/mol. The molecule has 2 rings (SSSR count). The van der Waals surface area contributed by atoms with Gasteiger partial charge in [-0.1, -0.05) is 18.2 Å². The highest BCUT2D eigenvalue weighted by Gasteiger charge is 2.32. The largest absolute Gasteiger partial charge is 0.416 e. The molecule has 1 aromatic heterocycles. The van der Waals surface area contributed by atoms with Crippen LogP contribution in [0.4, 0.5) is 13.2 Å². The van der Waals surface area contributed by atoms with Crippen molar-refractivity contribution in [3.05, 3.63) is 41.2 Å². The molecule has 1 N–H and O–H groups in total. The van der Waals surface area contributed by atoms with Crippen LogP contribution in [0.15, 0.2) is 24.4 Å². The van der Waals surface area contributed by atoms with Crippen LogP contribution < -0.4 is 5.32 Å². The number of benzene rings is 1. The summed E-state index contributed by atoms with van der Waals surface area (Å²) in [6.07, 6.45) is -2.75. The van der Waals surface area contributed by atoms with Gasteiger partial charge in [0.05, 0.1) is 23.1 Å². The van der Waals surface area contributed by atoms with E-state index in [1.807, 2.05) is 6.92 Å². The van der Waals surface area contributed by atoms with E-state index in [1.165, 1.54) is 17.7 Å². The predicted octanol–water partition coefficient (Wildman–Crippen LogP) is 2.70. The van der Waals surface area contributed by atoms with Crippen molar-refractivity contribution in [3.8, 4) is 5.69 Å². The fourth-order valence-electron chi connectivity index (χ4n) is 1.82. The summed E-state index contributed by atoms with van der Waals surface area (Å²) in [4.78, 5) is 0. The molecule has 7 heteroatoms. The molecule has 1 aromatic carbocycles. The SMILES string of the molecule is CCNCc1cn(-c2ccc(C)c(C(F)(F)F)c2)nn1. The summed E-state index contributed by atoms with van der Waals surface area (Å²) in [5.41, 5.74) is 0.562. The lowest BCUT2D eigenvalue weighted by molar-refractivity contribution is -0.138. The Morgan fingerprint density at radius 2 is 2.05 bits per heavy atom. The number of aryl methyl sites for hydroxylation is 1. The van der Waals surface area contributed by atoms with Crippen molar-refractivity contribution in [2.45, 2.75) is 26.6 Å². The van der Waals surface area contributed by atoms with Gasteiger partial charge in [-0.25, -0.2) is 4.68 Å². The molecule has 0 saturated carbocycles. The second-order valence-corrected chi connectivity index (χ2v) is 4.43. The van der Waals surface area contributed by atoms with Gasteiger partial charge in [-0.3, -0.25) is 0 Å². The minimum Gasteiger partial charge on any atom is -0.311 e. The van der Waals surface area contributed by atoms with Crippen molar-refractivity contribution >= 4 is 0 Å². The Kier molecular flexibility index (Phi) is 4.08. The number of rotatable bonds is 4. The minimum absolute atomic E-state index is 0.189. The Morgan fingerprint density at radius 1 is 1.30 bits per heavy atom. The fourth-order valence-corrected chi connectivity index (χ4v) is 1.82. The lowest BCUT2D eigenvalue weighted by Gasteiger charge is -2.11. The van der Waals surface area contributed by atoms with Gasteiger partial charge in [-0.05, 0) is 31.2 Å². The van der Waals surface area contributed by atoms with Crippen molar-refractivity contribution in [2.24, 2.45) is 0 Å². The van der Waals surface area contributed by atoms with Crippen LogP contribution >= 0.6 is 0 Å². The van der Waals surface area contributed by atoms with E-state index in [1.54, 1.807) is 12.3 Å². The summed E-state index contributed by atoms with van der Waals surface area (Å²) in [5, 5.41) is 10.8. The van der Waals surface area contributed by atoms with Gasteiger partial charge in [0.2, 0.25) is 0 Å². The topological polar surface area (TPSA) is 42.7 Å². The van der Waals surface area contributed by atoms with Crippen LogP contribution in [0.1, 0.15) is 23.7 Å². The molecule has 0 aliphatic heterocycles. The quantitative estimate of drug-likeness (QED) is 0.938. The zero-order valence-corrected chi connectivity index (χ0v) is 11.2. The van der Waals surface area contributed by atoms with E-state index >= 15 is 0 Å². The fraction of sp³-hybridized carbons (Fsp3) is 0.385. The maximum Gasteiger partial charge on any atom is 0.416 e. The van der Waals surface area contributed by atoms with Crippen LogP contribution in [0.2, 0.25) is 0 Å². The Bertz CT molecular complexity index is 590. The summed E-state index contributed by atoms with van der Waals surface area (Å²) in [5.74, 6) is 0. The third-order valence-electron chi connectivity index (χ3n) is 2.89. The van der Waals surface area contributed by atoms with Crippen molar-refractivity contribution < 1.29 is 13.2 Å². The van der Waals surface area contributed by atoms with E-state index in [4.69, 9.17) is 0 Å². The van der Waals surface area contributed by atoms with E-state index < -0.39 is 11.7 Å². The van der Waals surface area contributed by atoms with Crippen LogP contribution in [-0.4, -0.2) is 21.5 Å². The second kappa shape index (κ2) is 5.62. The van der Waals surface area contributed by atoms with Crippen LogP contribution in [-0.2, 0) is 12.7 Å². The number of halogens is 3. The zero-order chi connectivity index (χ0) is 14.8. The molecule has 1 heterocycles. The minimum atomic E-state index is -4.37. The van der Waals surface area contributed by atoms with Crippen LogP contribution in [0.3, 0.4) is 0 Å². The average Bonchev–Trinajstić information content (AvgIpc) is 2.84. The standard InChI is InChI=1S/C13H15F3N4/c1-3-17-7-10-8-20(19-18-10)11-5-4-9(2)12(6-11)13(14,15)16/h4-6,8,17H,3,7H2,1-2H3. The van der Waals surface area contributed by atoms with Gasteiger partial charge in [0.1, 0.15) is 0 Å². The number of aromatic nitrogens is 3. The molecule has 0 unspecified atom stereocenters. The van der Waals surface area contributed by atoms with E-state index in [9.17, 15) is 13.2 Å². The van der Waals surface area contributed by atoms with Crippen LogP contribution in [0, 0.1) is 6.92 Å². The molecule has 4 nitrogen and oxygen atoms in total. The number of hydrogen-bond acceptors (Lipinski definition) is 3. The Balaban J connectivity index is 2.31. The highest BCUT2D eigenvalue weighted by molar-refractivity contribution is 5.41. The smallest absolute Gasteiger partial charge is 0.311 e. The molecule has 108 valence electrons. The molecule has 0 aliphatic rings. The number of hydrogen-bond donors (Lipinski definition) is 1. The van der Waals surface area contributed by atoms with Gasteiger partial charge >= 0.3 is 6.18 Å². The number of alkyl halides is 3. The summed E-state index contributed by atoms with van der Waals surface area (Å²) in [6, 6.07) is 4.11. The van der Waals surface area contributed by atoms with E-state index in [2.05, 4.69) is 15.6 Å². The first-order valence-electron chi connectivity index (χ1n) is 6.22. The molecule has 0 aliphatic carbocycles. The van der Waals surface area contributed by atoms with Crippen molar-refractivity contribution in [1.29, 1.82) is 0 Å². The lowest BCUT2D eigenvalue weighted by atomic mass is 10.1. The predicted molar refractivity (Wildman–Crippen MR) is 68.5 cm³/mol. The van der Waals surface area contributed by atoms with Gasteiger partial charge in [0, 0.05) is 6.54 Å². The maximum absolute atomic E-state index is 12.9. The summed E-state index contributed by atoms with van der Waals surface area (Å²) < 4.78 is 39.9. The van der Waals surface area contributed by atoms with E-state index in [-0.39, 0.29) is 5.56 Å². The molecular weight excluding hydrogens is 269 g/mol. The second-order valence-electron chi connectivity index (χ2n) is 4.43. The Hall–Kier alpha value is -1.89. The molecule has 0 amide bonds. The van der Waals surface area contributed by atoms with E-state index in [0.29, 0.717) is 17.9 Å². The van der Waals surface area contributed by atoms with Crippen molar-refractivity contribution in [3.63, 3.8) is 0 Å². The number of nitrogens with one attached hydrogen (secondary N) is 1. The lowest BCUT2D eigenvalue weighted by Crippen LogP contribution is -2.11. The molecule has 2 aromatic rings. The van der Waals surface area contributed by atoms with Crippen molar-refractivity contribution in [1.82, 2.24) is 20.3 Å².